The van der Waals surface area contributed by atoms with Crippen molar-refractivity contribution in [2.45, 2.75) is 26.7 Å². The molecule has 10 heteroatoms. The van der Waals surface area contributed by atoms with E-state index in [1.165, 1.54) is 24.3 Å². The number of benzene rings is 3. The molecule has 0 saturated heterocycles. The third-order valence-corrected chi connectivity index (χ3v) is 4.83. The van der Waals surface area contributed by atoms with Gasteiger partial charge in [0.25, 0.3) is 11.6 Å². The number of hydrogen-bond donors (Lipinski definition) is 2. The van der Waals surface area contributed by atoms with Gasteiger partial charge in [-0.3, -0.25) is 24.5 Å². The van der Waals surface area contributed by atoms with Gasteiger partial charge in [0.1, 0.15) is 11.5 Å². The van der Waals surface area contributed by atoms with Gasteiger partial charge in [-0.15, -0.1) is 0 Å². The van der Waals surface area contributed by atoms with Gasteiger partial charge in [-0.05, 0) is 67.4 Å². The highest BCUT2D eigenvalue weighted by Crippen LogP contribution is 2.25. The lowest BCUT2D eigenvalue weighted by atomic mass is 10.1. The zero-order valence-corrected chi connectivity index (χ0v) is 19.8. The number of nitro benzene ring substituents is 1. The molecule has 0 aliphatic rings. The molecule has 2 N–H and O–H groups in total. The minimum atomic E-state index is -0.725. The number of nitrogens with one attached hydrogen (secondary N) is 2. The topological polar surface area (TPSA) is 137 Å². The van der Waals surface area contributed by atoms with E-state index in [1.54, 1.807) is 24.3 Å². The van der Waals surface area contributed by atoms with Crippen molar-refractivity contribution in [3.63, 3.8) is 0 Å². The zero-order valence-electron chi connectivity index (χ0n) is 19.8. The first-order valence-corrected chi connectivity index (χ1v) is 11.0. The summed E-state index contributed by atoms with van der Waals surface area (Å²) < 4.78 is 10.7. The normalized spacial score (nSPS) is 10.3. The number of ether oxygens (including phenoxy) is 2. The molecule has 3 aromatic rings. The molecular weight excluding hydrogens is 466 g/mol. The summed E-state index contributed by atoms with van der Waals surface area (Å²) in [6, 6.07) is 18.1. The standard InChI is InChI=1S/C26H25N3O7/c1-17-12-18(2)14-23(13-17)36-22-8-6-19(7-9-22)27-24(30)10-11-26(32)35-16-25(31)28-20-4-3-5-21(15-20)29(33)34/h3-9,12-15H,10-11,16H2,1-2H3,(H,27,30)(H,28,31). The summed E-state index contributed by atoms with van der Waals surface area (Å²) >= 11 is 0. The summed E-state index contributed by atoms with van der Waals surface area (Å²) in [5.41, 5.74) is 2.75. The molecule has 0 unspecified atom stereocenters. The molecule has 10 nitrogen and oxygen atoms in total. The van der Waals surface area contributed by atoms with Crippen molar-refractivity contribution < 1.29 is 28.8 Å². The van der Waals surface area contributed by atoms with Gasteiger partial charge in [0.05, 0.1) is 11.3 Å². The molecule has 2 amide bonds. The van der Waals surface area contributed by atoms with Crippen LogP contribution >= 0.6 is 0 Å². The van der Waals surface area contributed by atoms with Crippen LogP contribution in [0.25, 0.3) is 0 Å². The van der Waals surface area contributed by atoms with Crippen molar-refractivity contribution in [2.24, 2.45) is 0 Å². The summed E-state index contributed by atoms with van der Waals surface area (Å²) in [4.78, 5) is 46.1. The molecule has 0 spiro atoms. The van der Waals surface area contributed by atoms with E-state index < -0.39 is 29.3 Å². The van der Waals surface area contributed by atoms with E-state index in [0.29, 0.717) is 11.4 Å². The van der Waals surface area contributed by atoms with Crippen molar-refractivity contribution in [3.8, 4) is 11.5 Å². The van der Waals surface area contributed by atoms with E-state index >= 15 is 0 Å². The van der Waals surface area contributed by atoms with Gasteiger partial charge >= 0.3 is 5.97 Å². The molecule has 3 rings (SSSR count). The Labute approximate surface area is 207 Å². The van der Waals surface area contributed by atoms with Gasteiger partial charge < -0.3 is 20.1 Å². The van der Waals surface area contributed by atoms with Crippen molar-refractivity contribution in [3.05, 3.63) is 88.0 Å². The first kappa shape index (κ1) is 25.9. The zero-order chi connectivity index (χ0) is 26.1. The SMILES string of the molecule is Cc1cc(C)cc(Oc2ccc(NC(=O)CCC(=O)OCC(=O)Nc3cccc([N+](=O)[O-])c3)cc2)c1. The van der Waals surface area contributed by atoms with E-state index in [9.17, 15) is 24.5 Å². The van der Waals surface area contributed by atoms with Crippen LogP contribution < -0.4 is 15.4 Å². The molecule has 0 saturated carbocycles. The van der Waals surface area contributed by atoms with E-state index in [0.717, 1.165) is 16.9 Å². The van der Waals surface area contributed by atoms with Crippen LogP contribution in [0, 0.1) is 24.0 Å². The summed E-state index contributed by atoms with van der Waals surface area (Å²) in [6.07, 6.45) is -0.351. The predicted molar refractivity (Wildman–Crippen MR) is 133 cm³/mol. The first-order chi connectivity index (χ1) is 17.2. The molecular formula is C26H25N3O7. The van der Waals surface area contributed by atoms with Crippen LogP contribution in [-0.4, -0.2) is 29.3 Å². The first-order valence-electron chi connectivity index (χ1n) is 11.0. The van der Waals surface area contributed by atoms with Crippen molar-refractivity contribution >= 4 is 34.8 Å². The quantitative estimate of drug-likeness (QED) is 0.234. The predicted octanol–water partition coefficient (Wildman–Crippen LogP) is 4.90. The fraction of sp³-hybridized carbons (Fsp3) is 0.192. The van der Waals surface area contributed by atoms with Crippen molar-refractivity contribution in [1.82, 2.24) is 0 Å². The van der Waals surface area contributed by atoms with Crippen molar-refractivity contribution in [2.75, 3.05) is 17.2 Å². The Morgan fingerprint density at radius 3 is 2.14 bits per heavy atom. The maximum Gasteiger partial charge on any atom is 0.306 e. The molecule has 0 heterocycles. The number of rotatable bonds is 10. The van der Waals surface area contributed by atoms with Gasteiger partial charge in [0.2, 0.25) is 5.91 Å². The summed E-state index contributed by atoms with van der Waals surface area (Å²) in [6.45, 7) is 3.40. The number of aryl methyl sites for hydroxylation is 2. The molecule has 186 valence electrons. The second-order valence-electron chi connectivity index (χ2n) is 8.01. The van der Waals surface area contributed by atoms with Crippen LogP contribution in [-0.2, 0) is 19.1 Å². The number of esters is 1. The van der Waals surface area contributed by atoms with E-state index in [2.05, 4.69) is 16.7 Å². The Balaban J connectivity index is 1.39. The van der Waals surface area contributed by atoms with Gasteiger partial charge in [-0.2, -0.15) is 0 Å². The third-order valence-electron chi connectivity index (χ3n) is 4.83. The number of amides is 2. The lowest BCUT2D eigenvalue weighted by Crippen LogP contribution is -2.21. The molecule has 3 aromatic carbocycles. The number of nitrogens with zero attached hydrogens (tertiary/aromatic N) is 1. The maximum absolute atomic E-state index is 12.1. The Morgan fingerprint density at radius 2 is 1.47 bits per heavy atom. The number of carbonyl (C=O) groups is 3. The molecule has 0 bridgehead atoms. The van der Waals surface area contributed by atoms with Crippen LogP contribution in [0.5, 0.6) is 11.5 Å². The molecule has 0 fully saturated rings. The van der Waals surface area contributed by atoms with E-state index in [4.69, 9.17) is 9.47 Å². The van der Waals surface area contributed by atoms with Gasteiger partial charge in [0.15, 0.2) is 6.61 Å². The van der Waals surface area contributed by atoms with Gasteiger partial charge in [-0.25, -0.2) is 0 Å². The highest BCUT2D eigenvalue weighted by Gasteiger charge is 2.12. The number of hydrogen-bond acceptors (Lipinski definition) is 7. The van der Waals surface area contributed by atoms with Crippen molar-refractivity contribution in [1.29, 1.82) is 0 Å². The third kappa shape index (κ3) is 8.24. The Kier molecular flexibility index (Phi) is 8.71. The van der Waals surface area contributed by atoms with Crippen LogP contribution in [0.3, 0.4) is 0 Å². The lowest BCUT2D eigenvalue weighted by molar-refractivity contribution is -0.384. The molecule has 0 radical (unpaired) electrons. The average molecular weight is 492 g/mol. The van der Waals surface area contributed by atoms with Crippen LogP contribution in [0.1, 0.15) is 24.0 Å². The Bertz CT molecular complexity index is 1250. The monoisotopic (exact) mass is 491 g/mol. The Hall–Kier alpha value is -4.73. The molecule has 0 atom stereocenters. The van der Waals surface area contributed by atoms with Crippen LogP contribution in [0.4, 0.5) is 17.1 Å². The average Bonchev–Trinajstić information content (AvgIpc) is 2.82. The number of carbonyl (C=O) groups excluding carboxylic acids is 3. The maximum atomic E-state index is 12.1. The minimum Gasteiger partial charge on any atom is -0.457 e. The second-order valence-corrected chi connectivity index (χ2v) is 8.01. The highest BCUT2D eigenvalue weighted by molar-refractivity contribution is 5.94. The fourth-order valence-electron chi connectivity index (χ4n) is 3.29. The number of nitro groups is 1. The summed E-state index contributed by atoms with van der Waals surface area (Å²) in [5, 5.41) is 15.9. The fourth-order valence-corrected chi connectivity index (χ4v) is 3.29. The van der Waals surface area contributed by atoms with E-state index in [1.807, 2.05) is 26.0 Å². The minimum absolute atomic E-state index is 0.133. The largest absolute Gasteiger partial charge is 0.457 e. The number of anilines is 2. The smallest absolute Gasteiger partial charge is 0.306 e. The van der Waals surface area contributed by atoms with Gasteiger partial charge in [0, 0.05) is 29.9 Å². The molecule has 36 heavy (non-hydrogen) atoms. The van der Waals surface area contributed by atoms with Crippen LogP contribution in [0.15, 0.2) is 66.7 Å². The Morgan fingerprint density at radius 1 is 0.806 bits per heavy atom. The number of non-ortho nitro benzene ring substituents is 1. The summed E-state index contributed by atoms with van der Waals surface area (Å²) in [5.74, 6) is -0.435. The summed E-state index contributed by atoms with van der Waals surface area (Å²) in [7, 11) is 0. The lowest BCUT2D eigenvalue weighted by Gasteiger charge is -2.10. The second kappa shape index (κ2) is 12.1. The van der Waals surface area contributed by atoms with Gasteiger partial charge in [-0.1, -0.05) is 12.1 Å². The highest BCUT2D eigenvalue weighted by atomic mass is 16.6. The van der Waals surface area contributed by atoms with E-state index in [-0.39, 0.29) is 24.2 Å². The molecule has 0 aliphatic carbocycles. The van der Waals surface area contributed by atoms with Crippen LogP contribution in [0.2, 0.25) is 0 Å². The molecule has 0 aliphatic heterocycles. The molecule has 0 aromatic heterocycles.